The quantitative estimate of drug-likeness (QED) is 0.0473. The van der Waals surface area contributed by atoms with Gasteiger partial charge in [-0.3, -0.25) is 9.58 Å². The number of hydrogen-bond donors (Lipinski definition) is 1. The molecule has 382 valence electrons. The van der Waals surface area contributed by atoms with Gasteiger partial charge in [-0.1, -0.05) is 17.7 Å². The Bertz CT molecular complexity index is 1980. The van der Waals surface area contributed by atoms with E-state index < -0.39 is 0 Å². The molecule has 3 aromatic heterocycles. The maximum Gasteiger partial charge on any atom is 0.256 e. The molecule has 3 aliphatic rings. The molecule has 19 nitrogen and oxygen atoms in total. The van der Waals surface area contributed by atoms with E-state index in [-0.39, 0.29) is 12.1 Å². The molecule has 5 heterocycles. The highest BCUT2D eigenvalue weighted by Gasteiger charge is 2.42. The van der Waals surface area contributed by atoms with Gasteiger partial charge in [-0.25, -0.2) is 19.6 Å². The van der Waals surface area contributed by atoms with E-state index in [1.807, 2.05) is 31.3 Å². The average molecular weight is 985 g/mol. The summed E-state index contributed by atoms with van der Waals surface area (Å²) in [6.45, 7) is 12.3. The summed E-state index contributed by atoms with van der Waals surface area (Å²) in [6.07, 6.45) is 19.3. The zero-order valence-corrected chi connectivity index (χ0v) is 41.4. The summed E-state index contributed by atoms with van der Waals surface area (Å²) < 4.78 is 60.7. The van der Waals surface area contributed by atoms with Crippen molar-refractivity contribution in [2.75, 3.05) is 118 Å². The van der Waals surface area contributed by atoms with Gasteiger partial charge in [-0.05, 0) is 82.4 Å². The van der Waals surface area contributed by atoms with Crippen molar-refractivity contribution >= 4 is 23.2 Å². The molecule has 20 heteroatoms. The number of anilines is 2. The molecule has 4 aromatic rings. The lowest BCUT2D eigenvalue weighted by Crippen LogP contribution is -2.52. The van der Waals surface area contributed by atoms with Crippen LogP contribution in [0.5, 0.6) is 11.6 Å². The van der Waals surface area contributed by atoms with Crippen LogP contribution in [-0.2, 0) is 44.4 Å². The second-order valence-corrected chi connectivity index (χ2v) is 18.1. The molecular weight excluding hydrogens is 910 g/mol. The van der Waals surface area contributed by atoms with Crippen LogP contribution in [-0.4, -0.2) is 176 Å². The summed E-state index contributed by atoms with van der Waals surface area (Å²) in [5, 5.41) is 13.1. The Morgan fingerprint density at radius 2 is 1.29 bits per heavy atom. The molecule has 1 aromatic carbocycles. The van der Waals surface area contributed by atoms with Crippen molar-refractivity contribution in [1.82, 2.24) is 39.4 Å². The van der Waals surface area contributed by atoms with Crippen LogP contribution in [0.3, 0.4) is 0 Å². The van der Waals surface area contributed by atoms with Crippen molar-refractivity contribution < 1.29 is 47.4 Å². The van der Waals surface area contributed by atoms with E-state index in [9.17, 15) is 0 Å². The smallest absolute Gasteiger partial charge is 0.256 e. The van der Waals surface area contributed by atoms with Gasteiger partial charge >= 0.3 is 0 Å². The van der Waals surface area contributed by atoms with Gasteiger partial charge in [0.15, 0.2) is 0 Å². The number of nitrogens with one attached hydrogen (secondary N) is 1. The predicted octanol–water partition coefficient (Wildman–Crippen LogP) is 6.83. The monoisotopic (exact) mass is 984 g/mol. The number of methoxy groups -OCH3 is 1. The molecule has 0 unspecified atom stereocenters. The average Bonchev–Trinajstić information content (AvgIpc) is 4.09. The van der Waals surface area contributed by atoms with Gasteiger partial charge < -0.3 is 52.7 Å². The summed E-state index contributed by atoms with van der Waals surface area (Å²) in [5.74, 6) is 1.55. The largest absolute Gasteiger partial charge is 0.487 e. The van der Waals surface area contributed by atoms with Crippen LogP contribution in [0.15, 0.2) is 49.4 Å². The van der Waals surface area contributed by atoms with Crippen molar-refractivity contribution in [1.29, 1.82) is 0 Å². The van der Waals surface area contributed by atoms with Crippen LogP contribution in [0, 0.1) is 0 Å². The number of unbranched alkanes of at least 4 members (excludes halogenated alkanes) is 2. The number of fused-ring (bicyclic) bond motifs is 2. The third kappa shape index (κ3) is 17.7. The highest BCUT2D eigenvalue weighted by Crippen LogP contribution is 2.40. The highest BCUT2D eigenvalue weighted by atomic mass is 35.5. The fourth-order valence-electron chi connectivity index (χ4n) is 9.05. The maximum atomic E-state index is 6.54. The molecule has 2 aliphatic heterocycles. The molecule has 2 saturated heterocycles. The Morgan fingerprint density at radius 3 is 1.93 bits per heavy atom. The first-order valence-corrected chi connectivity index (χ1v) is 25.3. The van der Waals surface area contributed by atoms with E-state index in [2.05, 4.69) is 34.9 Å². The summed E-state index contributed by atoms with van der Waals surface area (Å²) in [6, 6.07) is 7.71. The van der Waals surface area contributed by atoms with Gasteiger partial charge in [-0.2, -0.15) is 5.10 Å². The first-order chi connectivity index (χ1) is 34.0. The van der Waals surface area contributed by atoms with Gasteiger partial charge in [0.05, 0.1) is 110 Å². The third-order valence-electron chi connectivity index (χ3n) is 12.5. The molecule has 0 spiro atoms. The van der Waals surface area contributed by atoms with Crippen LogP contribution in [0.2, 0.25) is 5.02 Å². The third-order valence-corrected chi connectivity index (χ3v) is 12.8. The Hall–Kier alpha value is -4.02. The Morgan fingerprint density at radius 1 is 0.696 bits per heavy atom. The van der Waals surface area contributed by atoms with Crippen LogP contribution < -0.4 is 14.8 Å². The number of hydrogen-bond acceptors (Lipinski definition) is 17. The minimum Gasteiger partial charge on any atom is -0.487 e. The lowest BCUT2D eigenvalue weighted by molar-refractivity contribution is -0.0458. The number of benzene rings is 1. The van der Waals surface area contributed by atoms with E-state index in [1.165, 1.54) is 19.2 Å². The minimum absolute atomic E-state index is 0.181. The standard InChI is InChI=1S/C49H74ClN9O10/c1-38(32-57-37-51-36-54-57)69-47-29-39(7-14-45(47)50)40-30-52-49(53-31-40)55-46-33-58(41-8-10-42(11-9-41)59-43-12-13-44(59)35-67-34-43)56-48(46)68-18-6-17-61-15-4-3-5-16-62-21-22-64-25-26-66-28-27-65-24-23-63-20-19-60-2/h7,14,29-31,33,36-38,41-44H,3-6,8-13,15-28,32,34-35H2,1-2H3,(H,52,53,55)/t38-,41?,42?,43-,44+/m0/s1. The molecule has 1 saturated carbocycles. The van der Waals surface area contributed by atoms with Gasteiger partial charge in [0, 0.05) is 69.4 Å². The summed E-state index contributed by atoms with van der Waals surface area (Å²) in [5.41, 5.74) is 2.44. The highest BCUT2D eigenvalue weighted by molar-refractivity contribution is 6.32. The fraction of sp³-hybridized carbons (Fsp3) is 0.694. The molecular formula is C49H74ClN9O10. The molecule has 0 amide bonds. The number of halogens is 1. The van der Waals surface area contributed by atoms with Gasteiger partial charge in [0.1, 0.15) is 30.2 Å². The zero-order chi connectivity index (χ0) is 47.7. The van der Waals surface area contributed by atoms with Crippen molar-refractivity contribution in [3.8, 4) is 22.8 Å². The number of ether oxygens (including phenoxy) is 10. The van der Waals surface area contributed by atoms with Crippen LogP contribution in [0.25, 0.3) is 11.1 Å². The van der Waals surface area contributed by atoms with Crippen molar-refractivity contribution in [2.45, 2.75) is 108 Å². The van der Waals surface area contributed by atoms with E-state index in [4.69, 9.17) is 64.1 Å². The van der Waals surface area contributed by atoms with Gasteiger partial charge in [0.2, 0.25) is 5.95 Å². The van der Waals surface area contributed by atoms with Crippen LogP contribution in [0.1, 0.15) is 77.2 Å². The normalized spacial score (nSPS) is 19.8. The molecule has 69 heavy (non-hydrogen) atoms. The Balaban J connectivity index is 0.800. The number of rotatable bonds is 35. The number of nitrogens with zero attached hydrogens (tertiary/aromatic N) is 8. The zero-order valence-electron chi connectivity index (χ0n) is 40.6. The molecule has 3 atom stereocenters. The maximum absolute atomic E-state index is 6.54. The Labute approximate surface area is 412 Å². The van der Waals surface area contributed by atoms with Crippen LogP contribution in [0.4, 0.5) is 11.6 Å². The van der Waals surface area contributed by atoms with Crippen molar-refractivity contribution in [3.05, 3.63) is 54.5 Å². The minimum atomic E-state index is -0.181. The molecule has 0 radical (unpaired) electrons. The lowest BCUT2D eigenvalue weighted by Gasteiger charge is -2.43. The molecule has 1 aliphatic carbocycles. The molecule has 2 bridgehead atoms. The topological polar surface area (TPSA) is 182 Å². The summed E-state index contributed by atoms with van der Waals surface area (Å²) in [7, 11) is 1.65. The first-order valence-electron chi connectivity index (χ1n) is 24.9. The summed E-state index contributed by atoms with van der Waals surface area (Å²) >= 11 is 6.54. The van der Waals surface area contributed by atoms with E-state index in [0.717, 1.165) is 81.4 Å². The number of aromatic nitrogens is 7. The van der Waals surface area contributed by atoms with Crippen molar-refractivity contribution in [3.63, 3.8) is 0 Å². The molecule has 7 rings (SSSR count). The SMILES string of the molecule is COCCOCCOCCOCCOCCOCCCCCOCCCOc1nn(C2CCC(N3[C@@H]4CC[C@H]3COC4)CC2)cc1Nc1ncc(-c2ccc(Cl)c(O[C@@H](C)Cn3cncn3)c2)cn1. The second kappa shape index (κ2) is 30.0. The fourth-order valence-corrected chi connectivity index (χ4v) is 9.21. The first kappa shape index (κ1) is 52.8. The van der Waals surface area contributed by atoms with E-state index in [0.29, 0.717) is 140 Å². The second-order valence-electron chi connectivity index (χ2n) is 17.7. The molecule has 3 fully saturated rings. The lowest BCUT2D eigenvalue weighted by atomic mass is 9.89. The predicted molar refractivity (Wildman–Crippen MR) is 260 cm³/mol. The number of morpholine rings is 1. The molecule has 1 N–H and O–H groups in total. The Kier molecular flexibility index (Phi) is 23.0. The van der Waals surface area contributed by atoms with Gasteiger partial charge in [0.25, 0.3) is 5.88 Å². The summed E-state index contributed by atoms with van der Waals surface area (Å²) in [4.78, 5) is 16.2. The van der Waals surface area contributed by atoms with Crippen LogP contribution >= 0.6 is 11.6 Å². The van der Waals surface area contributed by atoms with Crippen molar-refractivity contribution in [2.24, 2.45) is 0 Å². The van der Waals surface area contributed by atoms with E-state index >= 15 is 0 Å². The van der Waals surface area contributed by atoms with Gasteiger partial charge in [-0.15, -0.1) is 5.10 Å². The van der Waals surface area contributed by atoms with E-state index in [1.54, 1.807) is 30.5 Å².